The number of ketones is 1. The molecule has 0 aromatic heterocycles. The standard InChI is InChI=1S/C27H27FN2O10/c1-6-38-25(33)29-18-12-13-27(37-5,30(29)26(34)39-7-2)23(31)20-16(18)14-19(35-3)21(36-4)22(20)40-24(32)15-10-8-9-11-17(15)28/h8-14,18H,6-7H2,1-5H3/t18-,27-/m1/s1. The van der Waals surface area contributed by atoms with E-state index in [2.05, 4.69) is 0 Å². The molecule has 0 N–H and O–H groups in total. The highest BCUT2D eigenvalue weighted by molar-refractivity contribution is 6.11. The normalized spacial score (nSPS) is 19.1. The van der Waals surface area contributed by atoms with Crippen molar-refractivity contribution in [3.8, 4) is 17.2 Å². The number of amides is 2. The minimum Gasteiger partial charge on any atom is -0.493 e. The van der Waals surface area contributed by atoms with Crippen LogP contribution in [0.5, 0.6) is 17.2 Å². The minimum atomic E-state index is -2.28. The molecule has 2 aliphatic heterocycles. The molecule has 3 aliphatic rings. The molecule has 1 aliphatic carbocycles. The second-order valence-corrected chi connectivity index (χ2v) is 8.36. The number of carbonyl (C=O) groups excluding carboxylic acids is 4. The van der Waals surface area contributed by atoms with Gasteiger partial charge in [0.15, 0.2) is 11.5 Å². The lowest BCUT2D eigenvalue weighted by molar-refractivity contribution is -0.158. The maximum absolute atomic E-state index is 14.5. The second kappa shape index (κ2) is 11.2. The number of Topliss-reactive ketones (excluding diaryl/α,β-unsaturated/α-hetero) is 1. The van der Waals surface area contributed by atoms with Crippen LogP contribution in [0.4, 0.5) is 14.0 Å². The summed E-state index contributed by atoms with van der Waals surface area (Å²) in [4.78, 5) is 54.1. The quantitative estimate of drug-likeness (QED) is 0.279. The lowest BCUT2D eigenvalue weighted by Gasteiger charge is -2.46. The number of ether oxygens (including phenoxy) is 6. The lowest BCUT2D eigenvalue weighted by Crippen LogP contribution is -2.66. The lowest BCUT2D eigenvalue weighted by atomic mass is 9.95. The molecule has 0 fully saturated rings. The molecular weight excluding hydrogens is 531 g/mol. The Labute approximate surface area is 228 Å². The van der Waals surface area contributed by atoms with Crippen molar-refractivity contribution in [2.24, 2.45) is 0 Å². The molecule has 2 amide bonds. The summed E-state index contributed by atoms with van der Waals surface area (Å²) >= 11 is 0. The molecule has 2 heterocycles. The van der Waals surface area contributed by atoms with Crippen LogP contribution in [0.15, 0.2) is 42.5 Å². The fourth-order valence-corrected chi connectivity index (χ4v) is 4.60. The fraction of sp³-hybridized carbons (Fsp3) is 0.333. The molecule has 2 aromatic carbocycles. The Bertz CT molecular complexity index is 1390. The highest BCUT2D eigenvalue weighted by Gasteiger charge is 2.60. The van der Waals surface area contributed by atoms with Crippen molar-refractivity contribution >= 4 is 23.9 Å². The molecule has 0 saturated heterocycles. The predicted molar refractivity (Wildman–Crippen MR) is 135 cm³/mol. The third-order valence-corrected chi connectivity index (χ3v) is 6.32. The molecule has 13 heteroatoms. The number of rotatable bonds is 7. The number of halogens is 1. The van der Waals surface area contributed by atoms with Gasteiger partial charge in [-0.25, -0.2) is 18.8 Å². The number of carbonyl (C=O) groups is 4. The van der Waals surface area contributed by atoms with Gasteiger partial charge >= 0.3 is 18.2 Å². The van der Waals surface area contributed by atoms with Gasteiger partial charge < -0.3 is 28.4 Å². The van der Waals surface area contributed by atoms with Crippen molar-refractivity contribution in [2.45, 2.75) is 25.6 Å². The monoisotopic (exact) mass is 558 g/mol. The first-order chi connectivity index (χ1) is 19.2. The van der Waals surface area contributed by atoms with Crippen molar-refractivity contribution in [3.05, 3.63) is 65.0 Å². The van der Waals surface area contributed by atoms with Crippen molar-refractivity contribution < 1.29 is 52.0 Å². The Balaban J connectivity index is 2.03. The number of hydrogen-bond acceptors (Lipinski definition) is 10. The van der Waals surface area contributed by atoms with E-state index in [0.717, 1.165) is 18.2 Å². The third kappa shape index (κ3) is 4.37. The highest BCUT2D eigenvalue weighted by Crippen LogP contribution is 2.52. The molecule has 2 bridgehead atoms. The van der Waals surface area contributed by atoms with Gasteiger partial charge in [-0.1, -0.05) is 18.2 Å². The molecule has 0 unspecified atom stereocenters. The van der Waals surface area contributed by atoms with Crippen LogP contribution in [0.3, 0.4) is 0 Å². The van der Waals surface area contributed by atoms with E-state index in [1.807, 2.05) is 0 Å². The van der Waals surface area contributed by atoms with Gasteiger partial charge in [0.25, 0.3) is 0 Å². The largest absolute Gasteiger partial charge is 0.493 e. The number of methoxy groups -OCH3 is 3. The van der Waals surface area contributed by atoms with E-state index in [9.17, 15) is 23.6 Å². The second-order valence-electron chi connectivity index (χ2n) is 8.36. The summed E-state index contributed by atoms with van der Waals surface area (Å²) in [6, 6.07) is 5.34. The zero-order valence-corrected chi connectivity index (χ0v) is 22.4. The molecule has 40 heavy (non-hydrogen) atoms. The Morgan fingerprint density at radius 2 is 1.65 bits per heavy atom. The van der Waals surface area contributed by atoms with Crippen molar-refractivity contribution in [1.29, 1.82) is 0 Å². The van der Waals surface area contributed by atoms with Crippen LogP contribution in [0.1, 0.15) is 46.2 Å². The smallest absolute Gasteiger partial charge is 0.432 e. The maximum Gasteiger partial charge on any atom is 0.432 e. The Kier molecular flexibility index (Phi) is 7.96. The van der Waals surface area contributed by atoms with Crippen LogP contribution >= 0.6 is 0 Å². The molecule has 2 aromatic rings. The Hall–Kier alpha value is -4.65. The molecule has 0 spiro atoms. The van der Waals surface area contributed by atoms with Gasteiger partial charge in [0.2, 0.25) is 17.3 Å². The third-order valence-electron chi connectivity index (χ3n) is 6.32. The number of benzene rings is 2. The van der Waals surface area contributed by atoms with E-state index < -0.39 is 52.8 Å². The van der Waals surface area contributed by atoms with E-state index in [-0.39, 0.29) is 35.8 Å². The molecule has 5 rings (SSSR count). The Morgan fingerprint density at radius 3 is 2.25 bits per heavy atom. The molecule has 0 radical (unpaired) electrons. The first-order valence-electron chi connectivity index (χ1n) is 12.2. The highest BCUT2D eigenvalue weighted by atomic mass is 19.1. The summed E-state index contributed by atoms with van der Waals surface area (Å²) in [7, 11) is 3.71. The zero-order chi connectivity index (χ0) is 29.2. The van der Waals surface area contributed by atoms with Gasteiger partial charge in [-0.05, 0) is 43.7 Å². The Morgan fingerprint density at radius 1 is 0.975 bits per heavy atom. The van der Waals surface area contributed by atoms with Gasteiger partial charge in [-0.15, -0.1) is 0 Å². The van der Waals surface area contributed by atoms with Crippen LogP contribution in [-0.2, 0) is 14.2 Å². The van der Waals surface area contributed by atoms with Crippen LogP contribution in [0.25, 0.3) is 0 Å². The number of hydrazine groups is 1. The summed E-state index contributed by atoms with van der Waals surface area (Å²) in [5.41, 5.74) is -2.89. The van der Waals surface area contributed by atoms with Gasteiger partial charge in [0, 0.05) is 7.11 Å². The van der Waals surface area contributed by atoms with E-state index >= 15 is 0 Å². The maximum atomic E-state index is 14.5. The molecular formula is C27H27FN2O10. The number of fused-ring (bicyclic) bond motifs is 1. The molecule has 12 nitrogen and oxygen atoms in total. The summed E-state index contributed by atoms with van der Waals surface area (Å²) in [6.07, 6.45) is 0.658. The summed E-state index contributed by atoms with van der Waals surface area (Å²) in [5, 5.41) is 1.59. The van der Waals surface area contributed by atoms with Gasteiger partial charge in [0.1, 0.15) is 11.9 Å². The van der Waals surface area contributed by atoms with Crippen LogP contribution < -0.4 is 14.2 Å². The first kappa shape index (κ1) is 28.4. The van der Waals surface area contributed by atoms with Crippen LogP contribution in [0.2, 0.25) is 0 Å². The number of hydrogen-bond donors (Lipinski definition) is 0. The van der Waals surface area contributed by atoms with E-state index in [4.69, 9.17) is 28.4 Å². The minimum absolute atomic E-state index is 0.0158. The van der Waals surface area contributed by atoms with Crippen molar-refractivity contribution in [2.75, 3.05) is 34.5 Å². The topological polar surface area (TPSA) is 130 Å². The summed E-state index contributed by atoms with van der Waals surface area (Å²) in [6.45, 7) is 2.97. The van der Waals surface area contributed by atoms with E-state index in [1.165, 1.54) is 50.6 Å². The summed E-state index contributed by atoms with van der Waals surface area (Å²) in [5.74, 6) is -3.50. The SMILES string of the molecule is CCOC(=O)N1[C@@H]2C=C[C@@](OC)(C(=O)c3c2cc(OC)c(OC)c3OC(=O)c2ccccc2F)N1C(=O)OCC. The predicted octanol–water partition coefficient (Wildman–Crippen LogP) is 4.04. The first-order valence-corrected chi connectivity index (χ1v) is 12.2. The zero-order valence-electron chi connectivity index (χ0n) is 22.4. The number of nitrogens with zero attached hydrogens (tertiary/aromatic N) is 2. The number of esters is 1. The van der Waals surface area contributed by atoms with E-state index in [0.29, 0.717) is 5.01 Å². The average molecular weight is 559 g/mol. The fourth-order valence-electron chi connectivity index (χ4n) is 4.60. The molecule has 2 atom stereocenters. The van der Waals surface area contributed by atoms with Crippen molar-refractivity contribution in [1.82, 2.24) is 10.0 Å². The van der Waals surface area contributed by atoms with E-state index in [1.54, 1.807) is 13.8 Å². The van der Waals surface area contributed by atoms with Gasteiger partial charge in [-0.3, -0.25) is 4.79 Å². The molecule has 212 valence electrons. The summed E-state index contributed by atoms with van der Waals surface area (Å²) < 4.78 is 47.0. The van der Waals surface area contributed by atoms with Crippen molar-refractivity contribution in [3.63, 3.8) is 0 Å². The molecule has 0 saturated carbocycles. The van der Waals surface area contributed by atoms with Crippen LogP contribution in [-0.4, -0.2) is 74.2 Å². The average Bonchev–Trinajstić information content (AvgIpc) is 3.12. The van der Waals surface area contributed by atoms with Gasteiger partial charge in [-0.2, -0.15) is 10.0 Å². The van der Waals surface area contributed by atoms with Gasteiger partial charge in [0.05, 0.1) is 38.6 Å². The van der Waals surface area contributed by atoms with Crippen LogP contribution in [0, 0.1) is 5.82 Å².